The summed E-state index contributed by atoms with van der Waals surface area (Å²) in [4.78, 5) is 40.8. The van der Waals surface area contributed by atoms with Crippen LogP contribution >= 0.6 is 0 Å². The number of carbonyl (C=O) groups excluding carboxylic acids is 2. The zero-order valence-corrected chi connectivity index (χ0v) is 27.9. The van der Waals surface area contributed by atoms with Crippen LogP contribution in [0.4, 0.5) is 4.79 Å². The zero-order valence-electron chi connectivity index (χ0n) is 27.9. The number of amides is 2. The minimum Gasteiger partial charge on any atom is -0.465 e. The molecular formula is C37H53N3O5. The lowest BCUT2D eigenvalue weighted by atomic mass is 9.72. The maximum Gasteiger partial charge on any atom is 0.405 e. The van der Waals surface area contributed by atoms with Gasteiger partial charge >= 0.3 is 6.09 Å². The van der Waals surface area contributed by atoms with Crippen LogP contribution in [0, 0.1) is 17.3 Å². The fourth-order valence-corrected chi connectivity index (χ4v) is 6.73. The normalized spacial score (nSPS) is 20.5. The van der Waals surface area contributed by atoms with Crippen LogP contribution in [0.15, 0.2) is 48.5 Å². The third-order valence-electron chi connectivity index (χ3n) is 9.86. The van der Waals surface area contributed by atoms with Crippen molar-refractivity contribution in [1.29, 1.82) is 0 Å². The van der Waals surface area contributed by atoms with E-state index in [0.29, 0.717) is 12.5 Å². The van der Waals surface area contributed by atoms with Gasteiger partial charge in [0.15, 0.2) is 5.78 Å². The van der Waals surface area contributed by atoms with E-state index in [2.05, 4.69) is 27.7 Å². The van der Waals surface area contributed by atoms with Crippen molar-refractivity contribution in [2.75, 3.05) is 26.2 Å². The van der Waals surface area contributed by atoms with Gasteiger partial charge in [-0.15, -0.1) is 0 Å². The van der Waals surface area contributed by atoms with Crippen LogP contribution in [0.3, 0.4) is 0 Å². The predicted octanol–water partition coefficient (Wildman–Crippen LogP) is 6.26. The largest absolute Gasteiger partial charge is 0.465 e. The predicted molar refractivity (Wildman–Crippen MR) is 177 cm³/mol. The lowest BCUT2D eigenvalue weighted by Gasteiger charge is -2.44. The van der Waals surface area contributed by atoms with Gasteiger partial charge in [0, 0.05) is 30.6 Å². The molecular weight excluding hydrogens is 566 g/mol. The summed E-state index contributed by atoms with van der Waals surface area (Å²) in [7, 11) is 0. The molecule has 0 aromatic heterocycles. The smallest absolute Gasteiger partial charge is 0.405 e. The van der Waals surface area contributed by atoms with Gasteiger partial charge in [-0.3, -0.25) is 9.59 Å². The Morgan fingerprint density at radius 1 is 0.956 bits per heavy atom. The van der Waals surface area contributed by atoms with E-state index in [9.17, 15) is 19.5 Å². The molecule has 0 bridgehead atoms. The number of rotatable bonds is 12. The van der Waals surface area contributed by atoms with Crippen molar-refractivity contribution in [3.63, 3.8) is 0 Å². The summed E-state index contributed by atoms with van der Waals surface area (Å²) in [6.07, 6.45) is 5.72. The molecule has 0 unspecified atom stereocenters. The van der Waals surface area contributed by atoms with Crippen molar-refractivity contribution in [3.8, 4) is 0 Å². The van der Waals surface area contributed by atoms with E-state index in [1.165, 1.54) is 11.1 Å². The highest BCUT2D eigenvalue weighted by molar-refractivity contribution is 5.97. The van der Waals surface area contributed by atoms with Gasteiger partial charge < -0.3 is 25.4 Å². The summed E-state index contributed by atoms with van der Waals surface area (Å²) >= 11 is 0. The molecule has 4 rings (SSSR count). The van der Waals surface area contributed by atoms with Crippen molar-refractivity contribution in [2.45, 2.75) is 97.8 Å². The maximum absolute atomic E-state index is 13.8. The van der Waals surface area contributed by atoms with Gasteiger partial charge in [0.1, 0.15) is 5.54 Å². The summed E-state index contributed by atoms with van der Waals surface area (Å²) < 4.78 is 5.98. The van der Waals surface area contributed by atoms with E-state index >= 15 is 0 Å². The van der Waals surface area contributed by atoms with Crippen molar-refractivity contribution >= 4 is 17.8 Å². The molecule has 1 aliphatic heterocycles. The molecule has 1 fully saturated rings. The molecule has 2 aromatic carbocycles. The first-order valence-corrected chi connectivity index (χ1v) is 16.7. The number of nitrogens with one attached hydrogen (secondary N) is 2. The molecule has 0 radical (unpaired) electrons. The Kier molecular flexibility index (Phi) is 11.8. The first kappa shape index (κ1) is 34.6. The molecule has 1 aliphatic carbocycles. The topological polar surface area (TPSA) is 108 Å². The number of fused-ring (bicyclic) bond motifs is 1. The highest BCUT2D eigenvalue weighted by Gasteiger charge is 2.51. The van der Waals surface area contributed by atoms with Crippen LogP contribution in [-0.2, 0) is 29.0 Å². The number of hydrogen-bond donors (Lipinski definition) is 3. The molecule has 8 heteroatoms. The number of ketones is 1. The van der Waals surface area contributed by atoms with Gasteiger partial charge in [-0.2, -0.15) is 0 Å². The van der Waals surface area contributed by atoms with Crippen LogP contribution in [-0.4, -0.2) is 65.6 Å². The molecule has 1 saturated carbocycles. The molecule has 2 aliphatic rings. The lowest BCUT2D eigenvalue weighted by molar-refractivity contribution is -0.137. The zero-order chi connectivity index (χ0) is 32.6. The molecule has 2 aromatic rings. The van der Waals surface area contributed by atoms with Gasteiger partial charge in [-0.1, -0.05) is 77.1 Å². The van der Waals surface area contributed by atoms with E-state index in [1.807, 2.05) is 71.0 Å². The molecule has 0 spiro atoms. The second-order valence-corrected chi connectivity index (χ2v) is 14.4. The Bertz CT molecular complexity index is 1300. The molecule has 3 N–H and O–H groups in total. The maximum atomic E-state index is 13.8. The van der Waals surface area contributed by atoms with Crippen molar-refractivity contribution < 1.29 is 24.2 Å². The molecule has 8 nitrogen and oxygen atoms in total. The Morgan fingerprint density at radius 3 is 2.24 bits per heavy atom. The monoisotopic (exact) mass is 619 g/mol. The highest BCUT2D eigenvalue weighted by atomic mass is 16.5. The molecule has 1 atom stereocenters. The van der Waals surface area contributed by atoms with E-state index in [4.69, 9.17) is 4.74 Å². The Hall–Kier alpha value is -3.23. The molecule has 0 saturated heterocycles. The van der Waals surface area contributed by atoms with Gasteiger partial charge in [-0.05, 0) is 85.6 Å². The van der Waals surface area contributed by atoms with Crippen molar-refractivity contribution in [3.05, 3.63) is 70.8 Å². The third kappa shape index (κ3) is 9.17. The lowest BCUT2D eigenvalue weighted by Crippen LogP contribution is -2.69. The second-order valence-electron chi connectivity index (χ2n) is 14.4. The highest BCUT2D eigenvalue weighted by Crippen LogP contribution is 2.34. The fourth-order valence-electron chi connectivity index (χ4n) is 6.73. The van der Waals surface area contributed by atoms with Crippen molar-refractivity contribution in [2.24, 2.45) is 17.3 Å². The number of benzene rings is 2. The van der Waals surface area contributed by atoms with E-state index < -0.39 is 17.0 Å². The van der Waals surface area contributed by atoms with E-state index in [0.717, 1.165) is 75.7 Å². The average Bonchev–Trinajstić information content (AvgIpc) is 3.21. The van der Waals surface area contributed by atoms with Gasteiger partial charge in [0.05, 0.1) is 13.2 Å². The first-order chi connectivity index (χ1) is 21.4. The summed E-state index contributed by atoms with van der Waals surface area (Å²) in [5.74, 6) is 0.508. The number of carboxylic acid groups (broad SMARTS) is 1. The second kappa shape index (κ2) is 15.4. The number of carbonyl (C=O) groups is 3. The summed E-state index contributed by atoms with van der Waals surface area (Å²) in [6, 6.07) is 15.9. The average molecular weight is 620 g/mol. The van der Waals surface area contributed by atoms with Gasteiger partial charge in [0.2, 0.25) is 5.91 Å². The Labute approximate surface area is 269 Å². The molecule has 1 heterocycles. The van der Waals surface area contributed by atoms with Crippen LogP contribution in [0.5, 0.6) is 0 Å². The number of hydrogen-bond acceptors (Lipinski definition) is 5. The van der Waals surface area contributed by atoms with Crippen LogP contribution in [0.2, 0.25) is 0 Å². The fraction of sp³-hybridized carbons (Fsp3) is 0.595. The molecule has 2 amide bonds. The third-order valence-corrected chi connectivity index (χ3v) is 9.86. The SMILES string of the molecule is CC(C)C(=O)c1ccc2c(c1)CCN(CCC1CCC(NC(=O)[C@](COCc3ccccc3)(NC(=O)O)C(C)(C)C)CC1)CC2. The summed E-state index contributed by atoms with van der Waals surface area (Å²) in [5, 5.41) is 15.5. The minimum absolute atomic E-state index is 0.00937. The Morgan fingerprint density at radius 2 is 1.62 bits per heavy atom. The van der Waals surface area contributed by atoms with Crippen molar-refractivity contribution in [1.82, 2.24) is 15.5 Å². The summed E-state index contributed by atoms with van der Waals surface area (Å²) in [6.45, 7) is 12.9. The van der Waals surface area contributed by atoms with Gasteiger partial charge in [0.25, 0.3) is 0 Å². The molecule has 246 valence electrons. The van der Waals surface area contributed by atoms with E-state index in [-0.39, 0.29) is 30.3 Å². The van der Waals surface area contributed by atoms with Crippen LogP contribution < -0.4 is 10.6 Å². The Balaban J connectivity index is 1.27. The molecule has 45 heavy (non-hydrogen) atoms. The quantitative estimate of drug-likeness (QED) is 0.242. The van der Waals surface area contributed by atoms with Gasteiger partial charge in [-0.25, -0.2) is 4.79 Å². The van der Waals surface area contributed by atoms with Crippen LogP contribution in [0.1, 0.15) is 93.8 Å². The number of Topliss-reactive ketones (excluding diaryl/α,β-unsaturated/α-hetero) is 1. The standard InChI is InChI=1S/C37H53N3O5/c1-26(2)33(41)31-14-13-29-18-21-40(22-19-30(29)23-31)20-17-27-11-15-32(16-12-27)38-34(42)37(36(3,4)5,39-35(43)44)25-45-24-28-9-7-6-8-10-28/h6-10,13-14,23,26-27,32,39H,11-12,15-22,24-25H2,1-5H3,(H,38,42)(H,43,44)/t27?,32?,37-/m0/s1. The van der Waals surface area contributed by atoms with E-state index in [1.54, 1.807) is 0 Å². The number of nitrogens with zero attached hydrogens (tertiary/aromatic N) is 1. The first-order valence-electron chi connectivity index (χ1n) is 16.7. The minimum atomic E-state index is -1.43. The summed E-state index contributed by atoms with van der Waals surface area (Å²) in [5.41, 5.74) is 2.32. The van der Waals surface area contributed by atoms with Crippen LogP contribution in [0.25, 0.3) is 0 Å². The number of ether oxygens (including phenoxy) is 1.